The number of nitrogens with zero attached hydrogens (tertiary/aromatic N) is 2. The van der Waals surface area contributed by atoms with E-state index >= 15 is 0 Å². The maximum Gasteiger partial charge on any atom is 0.255 e. The molecule has 0 unspecified atom stereocenters. The molecular formula is C18H15N3O2. The first-order valence-corrected chi connectivity index (χ1v) is 7.09. The molecule has 0 bridgehead atoms. The Kier molecular flexibility index (Phi) is 4.29. The minimum absolute atomic E-state index is 0.179. The molecule has 0 radical (unpaired) electrons. The van der Waals surface area contributed by atoms with Gasteiger partial charge in [-0.1, -0.05) is 18.2 Å². The van der Waals surface area contributed by atoms with Gasteiger partial charge >= 0.3 is 0 Å². The summed E-state index contributed by atoms with van der Waals surface area (Å²) >= 11 is 0. The Morgan fingerprint density at radius 2 is 1.87 bits per heavy atom. The fourth-order valence-electron chi connectivity index (χ4n) is 2.11. The summed E-state index contributed by atoms with van der Waals surface area (Å²) in [6.45, 7) is 0. The SMILES string of the molecule is COc1ccc(-c2cc(C(=O)Nc3ccccc3)ccn2)cn1. The van der Waals surface area contributed by atoms with Crippen LogP contribution in [0.3, 0.4) is 0 Å². The molecule has 1 N–H and O–H groups in total. The molecule has 0 saturated carbocycles. The van der Waals surface area contributed by atoms with E-state index in [9.17, 15) is 4.79 Å². The minimum atomic E-state index is -0.179. The van der Waals surface area contributed by atoms with Crippen molar-refractivity contribution in [2.24, 2.45) is 0 Å². The third-order valence-corrected chi connectivity index (χ3v) is 3.30. The summed E-state index contributed by atoms with van der Waals surface area (Å²) in [5, 5.41) is 2.85. The van der Waals surface area contributed by atoms with Crippen LogP contribution in [0.5, 0.6) is 5.88 Å². The zero-order valence-electron chi connectivity index (χ0n) is 12.6. The molecule has 1 aromatic carbocycles. The zero-order chi connectivity index (χ0) is 16.1. The van der Waals surface area contributed by atoms with Crippen LogP contribution in [0, 0.1) is 0 Å². The number of hydrogen-bond acceptors (Lipinski definition) is 4. The number of pyridine rings is 2. The van der Waals surface area contributed by atoms with Crippen molar-refractivity contribution in [2.45, 2.75) is 0 Å². The molecule has 5 nitrogen and oxygen atoms in total. The molecule has 0 saturated heterocycles. The summed E-state index contributed by atoms with van der Waals surface area (Å²) in [5.74, 6) is 0.355. The molecular weight excluding hydrogens is 290 g/mol. The van der Waals surface area contributed by atoms with Gasteiger partial charge in [-0.05, 0) is 30.3 Å². The van der Waals surface area contributed by atoms with Crippen LogP contribution < -0.4 is 10.1 Å². The highest BCUT2D eigenvalue weighted by Gasteiger charge is 2.09. The smallest absolute Gasteiger partial charge is 0.255 e. The fraction of sp³-hybridized carbons (Fsp3) is 0.0556. The second kappa shape index (κ2) is 6.70. The Bertz CT molecular complexity index is 802. The number of hydrogen-bond donors (Lipinski definition) is 1. The Morgan fingerprint density at radius 3 is 2.57 bits per heavy atom. The van der Waals surface area contributed by atoms with Gasteiger partial charge in [-0.25, -0.2) is 4.98 Å². The lowest BCUT2D eigenvalue weighted by Crippen LogP contribution is -2.12. The van der Waals surface area contributed by atoms with Crippen molar-refractivity contribution in [3.8, 4) is 17.1 Å². The van der Waals surface area contributed by atoms with E-state index in [0.29, 0.717) is 17.1 Å². The molecule has 3 rings (SSSR count). The number of para-hydroxylation sites is 1. The lowest BCUT2D eigenvalue weighted by molar-refractivity contribution is 0.102. The summed E-state index contributed by atoms with van der Waals surface area (Å²) in [5.41, 5.74) is 2.79. The molecule has 0 aliphatic heterocycles. The Labute approximate surface area is 134 Å². The summed E-state index contributed by atoms with van der Waals surface area (Å²) < 4.78 is 5.04. The van der Waals surface area contributed by atoms with E-state index in [1.165, 1.54) is 0 Å². The quantitative estimate of drug-likeness (QED) is 0.802. The predicted octanol–water partition coefficient (Wildman–Crippen LogP) is 3.40. The van der Waals surface area contributed by atoms with Gasteiger partial charge < -0.3 is 10.1 Å². The Hall–Kier alpha value is -3.21. The summed E-state index contributed by atoms with van der Waals surface area (Å²) in [6.07, 6.45) is 3.28. The molecule has 114 valence electrons. The average molecular weight is 305 g/mol. The van der Waals surface area contributed by atoms with Gasteiger partial charge in [0.25, 0.3) is 5.91 Å². The van der Waals surface area contributed by atoms with Crippen molar-refractivity contribution in [1.82, 2.24) is 9.97 Å². The number of nitrogens with one attached hydrogen (secondary N) is 1. The van der Waals surface area contributed by atoms with Crippen LogP contribution in [0.4, 0.5) is 5.69 Å². The highest BCUT2D eigenvalue weighted by atomic mass is 16.5. The van der Waals surface area contributed by atoms with E-state index < -0.39 is 0 Å². The van der Waals surface area contributed by atoms with Gasteiger partial charge in [0.2, 0.25) is 5.88 Å². The second-order valence-electron chi connectivity index (χ2n) is 4.84. The molecule has 2 heterocycles. The summed E-state index contributed by atoms with van der Waals surface area (Å²) in [6, 6.07) is 16.4. The largest absolute Gasteiger partial charge is 0.481 e. The first-order valence-electron chi connectivity index (χ1n) is 7.09. The van der Waals surface area contributed by atoms with E-state index in [2.05, 4.69) is 15.3 Å². The van der Waals surface area contributed by atoms with Crippen LogP contribution in [0.1, 0.15) is 10.4 Å². The van der Waals surface area contributed by atoms with E-state index in [0.717, 1.165) is 11.3 Å². The first kappa shape index (κ1) is 14.7. The molecule has 3 aromatic rings. The van der Waals surface area contributed by atoms with Crippen LogP contribution in [0.2, 0.25) is 0 Å². The number of benzene rings is 1. The standard InChI is InChI=1S/C18H15N3O2/c1-23-17-8-7-14(12-20-17)16-11-13(9-10-19-16)18(22)21-15-5-3-2-4-6-15/h2-12H,1H3,(H,21,22). The van der Waals surface area contributed by atoms with Gasteiger partial charge in [-0.3, -0.25) is 9.78 Å². The van der Waals surface area contributed by atoms with Crippen LogP contribution in [0.15, 0.2) is 67.0 Å². The number of ether oxygens (including phenoxy) is 1. The molecule has 0 aliphatic rings. The van der Waals surface area contributed by atoms with Gasteiger partial charge in [-0.15, -0.1) is 0 Å². The second-order valence-corrected chi connectivity index (χ2v) is 4.84. The van der Waals surface area contributed by atoms with Crippen molar-refractivity contribution in [2.75, 3.05) is 12.4 Å². The van der Waals surface area contributed by atoms with E-state index in [1.807, 2.05) is 36.4 Å². The number of methoxy groups -OCH3 is 1. The lowest BCUT2D eigenvalue weighted by atomic mass is 10.1. The molecule has 23 heavy (non-hydrogen) atoms. The van der Waals surface area contributed by atoms with Gasteiger partial charge in [0.05, 0.1) is 12.8 Å². The van der Waals surface area contributed by atoms with Crippen molar-refractivity contribution in [1.29, 1.82) is 0 Å². The van der Waals surface area contributed by atoms with E-state index in [4.69, 9.17) is 4.74 Å². The monoisotopic (exact) mass is 305 g/mol. The Balaban J connectivity index is 1.82. The van der Waals surface area contributed by atoms with Crippen LogP contribution in [-0.4, -0.2) is 23.0 Å². The van der Waals surface area contributed by atoms with Crippen molar-refractivity contribution in [3.05, 3.63) is 72.6 Å². The van der Waals surface area contributed by atoms with Gasteiger partial charge in [0.1, 0.15) is 0 Å². The van der Waals surface area contributed by atoms with Crippen LogP contribution in [0.25, 0.3) is 11.3 Å². The molecule has 2 aromatic heterocycles. The van der Waals surface area contributed by atoms with Crippen molar-refractivity contribution in [3.63, 3.8) is 0 Å². The maximum absolute atomic E-state index is 12.3. The molecule has 0 atom stereocenters. The first-order chi connectivity index (χ1) is 11.3. The van der Waals surface area contributed by atoms with Gasteiger partial charge in [-0.2, -0.15) is 0 Å². The highest BCUT2D eigenvalue weighted by molar-refractivity contribution is 6.04. The predicted molar refractivity (Wildman–Crippen MR) is 88.4 cm³/mol. The minimum Gasteiger partial charge on any atom is -0.481 e. The maximum atomic E-state index is 12.3. The van der Waals surface area contributed by atoms with Crippen LogP contribution >= 0.6 is 0 Å². The number of carbonyl (C=O) groups is 1. The normalized spacial score (nSPS) is 10.1. The van der Waals surface area contributed by atoms with Gasteiger partial charge in [0.15, 0.2) is 0 Å². The molecule has 0 aliphatic carbocycles. The molecule has 0 fully saturated rings. The average Bonchev–Trinajstić information content (AvgIpc) is 2.63. The number of amides is 1. The molecule has 5 heteroatoms. The summed E-state index contributed by atoms with van der Waals surface area (Å²) in [7, 11) is 1.56. The molecule has 0 spiro atoms. The van der Waals surface area contributed by atoms with E-state index in [1.54, 1.807) is 37.7 Å². The third-order valence-electron chi connectivity index (χ3n) is 3.30. The van der Waals surface area contributed by atoms with Gasteiger partial charge in [0, 0.05) is 35.3 Å². The van der Waals surface area contributed by atoms with Crippen molar-refractivity contribution >= 4 is 11.6 Å². The number of carbonyl (C=O) groups excluding carboxylic acids is 1. The van der Waals surface area contributed by atoms with E-state index in [-0.39, 0.29) is 5.91 Å². The summed E-state index contributed by atoms with van der Waals surface area (Å²) in [4.78, 5) is 20.8. The lowest BCUT2D eigenvalue weighted by Gasteiger charge is -2.07. The number of aromatic nitrogens is 2. The number of rotatable bonds is 4. The fourth-order valence-corrected chi connectivity index (χ4v) is 2.11. The highest BCUT2D eigenvalue weighted by Crippen LogP contribution is 2.19. The van der Waals surface area contributed by atoms with Crippen LogP contribution in [-0.2, 0) is 0 Å². The number of anilines is 1. The van der Waals surface area contributed by atoms with Crippen molar-refractivity contribution < 1.29 is 9.53 Å². The Morgan fingerprint density at radius 1 is 1.04 bits per heavy atom. The zero-order valence-corrected chi connectivity index (χ0v) is 12.6. The molecule has 1 amide bonds. The topological polar surface area (TPSA) is 64.1 Å². The third kappa shape index (κ3) is 3.52.